The molecule has 0 atom stereocenters. The van der Waals surface area contributed by atoms with E-state index < -0.39 is 17.9 Å². The van der Waals surface area contributed by atoms with E-state index in [1.807, 2.05) is 4.90 Å². The van der Waals surface area contributed by atoms with Gasteiger partial charge in [-0.3, -0.25) is 9.59 Å². The maximum atomic E-state index is 15.0. The number of piperazine rings is 1. The fourth-order valence-electron chi connectivity index (χ4n) is 3.09. The molecule has 13 heteroatoms. The molecule has 0 unspecified atom stereocenters. The molecule has 0 aliphatic carbocycles. The number of hydrogen-bond acceptors (Lipinski definition) is 7. The summed E-state index contributed by atoms with van der Waals surface area (Å²) in [6, 6.07) is 4.77. The Morgan fingerprint density at radius 3 is 2.62 bits per heavy atom. The van der Waals surface area contributed by atoms with Crippen molar-refractivity contribution >= 4 is 46.0 Å². The number of carbonyl (C=O) groups is 3. The summed E-state index contributed by atoms with van der Waals surface area (Å²) in [7, 11) is 0. The lowest BCUT2D eigenvalue weighted by atomic mass is 10.1. The van der Waals surface area contributed by atoms with Crippen molar-refractivity contribution in [3.8, 4) is 0 Å². The predicted molar refractivity (Wildman–Crippen MR) is 117 cm³/mol. The standard InChI is InChI=1S/C19H22FN7O4S/c1-11(28)23-18-24-13(10-32-18)16(29)27-7-5-26(6-8-27)14-4-2-3-12(15(14)20)9-31-19(30)25-17(21)22/h2-4,10H,5-9H2,1H3,(H,23,24,28)(H4,21,22,25,30). The number of nitrogens with zero attached hydrogens (tertiary/aromatic N) is 4. The third kappa shape index (κ3) is 5.69. The van der Waals surface area contributed by atoms with Crippen LogP contribution in [-0.4, -0.2) is 59.9 Å². The number of hydrogen-bond donors (Lipinski definition) is 3. The second-order valence-corrected chi connectivity index (χ2v) is 7.70. The molecule has 1 saturated heterocycles. The maximum absolute atomic E-state index is 15.0. The van der Waals surface area contributed by atoms with Gasteiger partial charge in [0, 0.05) is 44.0 Å². The third-order valence-electron chi connectivity index (χ3n) is 4.54. The summed E-state index contributed by atoms with van der Waals surface area (Å²) in [5, 5.41) is 4.50. The highest BCUT2D eigenvalue weighted by molar-refractivity contribution is 7.14. The van der Waals surface area contributed by atoms with E-state index in [0.29, 0.717) is 37.0 Å². The lowest BCUT2D eigenvalue weighted by Gasteiger charge is -2.36. The lowest BCUT2D eigenvalue weighted by molar-refractivity contribution is -0.114. The van der Waals surface area contributed by atoms with Gasteiger partial charge in [0.05, 0.1) is 5.69 Å². The Balaban J connectivity index is 1.60. The van der Waals surface area contributed by atoms with Crippen molar-refractivity contribution in [1.29, 1.82) is 0 Å². The number of nitrogens with one attached hydrogen (secondary N) is 1. The first-order valence-corrected chi connectivity index (χ1v) is 10.4. The van der Waals surface area contributed by atoms with E-state index in [0.717, 1.165) is 0 Å². The van der Waals surface area contributed by atoms with Gasteiger partial charge in [-0.25, -0.2) is 14.2 Å². The smallest absolute Gasteiger partial charge is 0.437 e. The molecule has 0 spiro atoms. The normalized spacial score (nSPS) is 13.4. The molecule has 3 amide bonds. The molecule has 2 heterocycles. The van der Waals surface area contributed by atoms with Crippen LogP contribution < -0.4 is 21.7 Å². The minimum absolute atomic E-state index is 0.174. The molecule has 0 bridgehead atoms. The summed E-state index contributed by atoms with van der Waals surface area (Å²) < 4.78 is 19.8. The second-order valence-electron chi connectivity index (χ2n) is 6.84. The number of aliphatic imine (C=N–C) groups is 1. The molecule has 3 rings (SSSR count). The molecule has 0 saturated carbocycles. The summed E-state index contributed by atoms with van der Waals surface area (Å²) >= 11 is 1.17. The molecule has 1 aromatic carbocycles. The Kier molecular flexibility index (Phi) is 7.20. The monoisotopic (exact) mass is 463 g/mol. The van der Waals surface area contributed by atoms with Gasteiger partial charge >= 0.3 is 6.09 Å². The molecule has 1 aromatic heterocycles. The van der Waals surface area contributed by atoms with Crippen molar-refractivity contribution in [1.82, 2.24) is 9.88 Å². The minimum atomic E-state index is -1.01. The molecular formula is C19H22FN7O4S. The van der Waals surface area contributed by atoms with Gasteiger partial charge in [0.25, 0.3) is 5.91 Å². The summed E-state index contributed by atoms with van der Waals surface area (Å²) in [5.41, 5.74) is 11.0. The van der Waals surface area contributed by atoms with Gasteiger partial charge in [0.2, 0.25) is 5.91 Å². The number of benzene rings is 1. The molecule has 5 N–H and O–H groups in total. The molecule has 2 aromatic rings. The molecule has 0 radical (unpaired) electrons. The van der Waals surface area contributed by atoms with E-state index in [1.165, 1.54) is 24.3 Å². The average Bonchev–Trinajstić information content (AvgIpc) is 3.20. The van der Waals surface area contributed by atoms with Gasteiger partial charge in [0.1, 0.15) is 12.3 Å². The molecule has 1 aliphatic rings. The quantitative estimate of drug-likeness (QED) is 0.440. The van der Waals surface area contributed by atoms with Crippen LogP contribution in [0.15, 0.2) is 28.6 Å². The number of thiazole rings is 1. The Morgan fingerprint density at radius 2 is 1.97 bits per heavy atom. The van der Waals surface area contributed by atoms with Gasteiger partial charge in [-0.05, 0) is 6.07 Å². The van der Waals surface area contributed by atoms with Gasteiger partial charge < -0.3 is 31.3 Å². The van der Waals surface area contributed by atoms with Crippen molar-refractivity contribution in [3.05, 3.63) is 40.7 Å². The highest BCUT2D eigenvalue weighted by Gasteiger charge is 2.26. The summed E-state index contributed by atoms with van der Waals surface area (Å²) in [6.45, 7) is 2.59. The third-order valence-corrected chi connectivity index (χ3v) is 5.30. The van der Waals surface area contributed by atoms with E-state index in [1.54, 1.807) is 22.4 Å². The van der Waals surface area contributed by atoms with E-state index >= 15 is 0 Å². The van der Waals surface area contributed by atoms with Crippen molar-refractivity contribution in [2.75, 3.05) is 36.4 Å². The van der Waals surface area contributed by atoms with E-state index in [9.17, 15) is 18.8 Å². The van der Waals surface area contributed by atoms with Crippen LogP contribution in [0.4, 0.5) is 20.0 Å². The molecule has 11 nitrogen and oxygen atoms in total. The Morgan fingerprint density at radius 1 is 1.25 bits per heavy atom. The SMILES string of the molecule is CC(=O)Nc1nc(C(=O)N2CCN(c3cccc(COC(=O)N=C(N)N)c3F)CC2)cs1. The van der Waals surface area contributed by atoms with Crippen molar-refractivity contribution < 1.29 is 23.5 Å². The van der Waals surface area contributed by atoms with Gasteiger partial charge in [0.15, 0.2) is 16.9 Å². The first kappa shape index (κ1) is 22.9. The van der Waals surface area contributed by atoms with Gasteiger partial charge in [-0.15, -0.1) is 16.3 Å². The zero-order valence-corrected chi connectivity index (χ0v) is 18.0. The van der Waals surface area contributed by atoms with Crippen molar-refractivity contribution in [3.63, 3.8) is 0 Å². The van der Waals surface area contributed by atoms with Gasteiger partial charge in [-0.2, -0.15) is 0 Å². The van der Waals surface area contributed by atoms with Crippen LogP contribution >= 0.6 is 11.3 Å². The summed E-state index contributed by atoms with van der Waals surface area (Å²) in [6.07, 6.45) is -1.01. The Hall–Kier alpha value is -3.74. The molecule has 1 fully saturated rings. The van der Waals surface area contributed by atoms with Crippen LogP contribution in [0.25, 0.3) is 0 Å². The van der Waals surface area contributed by atoms with Crippen LogP contribution in [0.2, 0.25) is 0 Å². The van der Waals surface area contributed by atoms with E-state index in [4.69, 9.17) is 16.2 Å². The van der Waals surface area contributed by atoms with Crippen molar-refractivity contribution in [2.45, 2.75) is 13.5 Å². The summed E-state index contributed by atoms with van der Waals surface area (Å²) in [4.78, 5) is 46.0. The first-order chi connectivity index (χ1) is 15.2. The zero-order valence-electron chi connectivity index (χ0n) is 17.2. The number of ether oxygens (including phenoxy) is 1. The number of aromatic nitrogens is 1. The van der Waals surface area contributed by atoms with Gasteiger partial charge in [-0.1, -0.05) is 12.1 Å². The fraction of sp³-hybridized carbons (Fsp3) is 0.316. The Labute approximate surface area is 186 Å². The summed E-state index contributed by atoms with van der Waals surface area (Å²) in [5.74, 6) is -1.48. The average molecular weight is 463 g/mol. The number of anilines is 2. The number of rotatable bonds is 5. The lowest BCUT2D eigenvalue weighted by Crippen LogP contribution is -2.49. The highest BCUT2D eigenvalue weighted by Crippen LogP contribution is 2.25. The number of amides is 3. The largest absolute Gasteiger partial charge is 0.443 e. The highest BCUT2D eigenvalue weighted by atomic mass is 32.1. The first-order valence-electron chi connectivity index (χ1n) is 9.55. The Bertz CT molecular complexity index is 1050. The van der Waals surface area contributed by atoms with E-state index in [2.05, 4.69) is 15.3 Å². The fourth-order valence-corrected chi connectivity index (χ4v) is 3.82. The maximum Gasteiger partial charge on any atom is 0.437 e. The van der Waals surface area contributed by atoms with Crippen LogP contribution in [0.1, 0.15) is 23.0 Å². The number of carbonyl (C=O) groups excluding carboxylic acids is 3. The molecule has 32 heavy (non-hydrogen) atoms. The zero-order chi connectivity index (χ0) is 23.3. The number of guanidine groups is 1. The van der Waals surface area contributed by atoms with Crippen LogP contribution in [0, 0.1) is 5.82 Å². The minimum Gasteiger partial charge on any atom is -0.443 e. The second kappa shape index (κ2) is 10.0. The number of halogens is 1. The van der Waals surface area contributed by atoms with Crippen molar-refractivity contribution in [2.24, 2.45) is 16.5 Å². The molecule has 1 aliphatic heterocycles. The molecular weight excluding hydrogens is 441 g/mol. The topological polar surface area (TPSA) is 156 Å². The van der Waals surface area contributed by atoms with Crippen LogP contribution in [0.5, 0.6) is 0 Å². The van der Waals surface area contributed by atoms with E-state index in [-0.39, 0.29) is 29.7 Å². The van der Waals surface area contributed by atoms with Crippen LogP contribution in [-0.2, 0) is 16.1 Å². The molecule has 170 valence electrons. The predicted octanol–water partition coefficient (Wildman–Crippen LogP) is 1.11. The van der Waals surface area contributed by atoms with Crippen LogP contribution in [0.3, 0.4) is 0 Å². The number of nitrogens with two attached hydrogens (primary N) is 2.